The van der Waals surface area contributed by atoms with Crippen molar-refractivity contribution >= 4 is 0 Å². The molecule has 0 aromatic carbocycles. The first-order valence-electron chi connectivity index (χ1n) is 5.59. The Morgan fingerprint density at radius 3 is 2.38 bits per heavy atom. The Labute approximate surface area is 83.1 Å². The molecule has 0 amide bonds. The van der Waals surface area contributed by atoms with Crippen LogP contribution < -0.4 is 5.32 Å². The van der Waals surface area contributed by atoms with Crippen LogP contribution in [0.4, 0.5) is 0 Å². The van der Waals surface area contributed by atoms with Crippen LogP contribution in [0.2, 0.25) is 0 Å². The van der Waals surface area contributed by atoms with Gasteiger partial charge in [-0.1, -0.05) is 27.2 Å². The smallest absolute Gasteiger partial charge is 0.0623 e. The van der Waals surface area contributed by atoms with Gasteiger partial charge in [0.05, 0.1) is 12.7 Å². The Morgan fingerprint density at radius 2 is 1.92 bits per heavy atom. The van der Waals surface area contributed by atoms with Crippen molar-refractivity contribution < 1.29 is 4.74 Å². The van der Waals surface area contributed by atoms with E-state index < -0.39 is 0 Å². The van der Waals surface area contributed by atoms with Gasteiger partial charge in [0.2, 0.25) is 0 Å². The van der Waals surface area contributed by atoms with Gasteiger partial charge in [-0.3, -0.25) is 0 Å². The molecule has 2 atom stereocenters. The largest absolute Gasteiger partial charge is 0.377 e. The minimum atomic E-state index is 0.401. The zero-order valence-corrected chi connectivity index (χ0v) is 9.60. The quantitative estimate of drug-likeness (QED) is 0.630. The molecule has 0 spiro atoms. The summed E-state index contributed by atoms with van der Waals surface area (Å²) in [5, 5.41) is 3.44. The van der Waals surface area contributed by atoms with Gasteiger partial charge in [-0.15, -0.1) is 0 Å². The Morgan fingerprint density at radius 1 is 1.23 bits per heavy atom. The summed E-state index contributed by atoms with van der Waals surface area (Å²) in [6.07, 6.45) is 3.94. The van der Waals surface area contributed by atoms with Gasteiger partial charge in [0.15, 0.2) is 0 Å². The molecule has 0 heterocycles. The molecule has 0 rings (SSSR count). The highest BCUT2D eigenvalue weighted by Crippen LogP contribution is 2.01. The van der Waals surface area contributed by atoms with Crippen LogP contribution in [0.25, 0.3) is 0 Å². The van der Waals surface area contributed by atoms with Crippen LogP contribution in [-0.4, -0.2) is 25.3 Å². The lowest BCUT2D eigenvalue weighted by molar-refractivity contribution is 0.0462. The molecular formula is C11H25NO. The first kappa shape index (κ1) is 12.9. The summed E-state index contributed by atoms with van der Waals surface area (Å²) >= 11 is 0. The van der Waals surface area contributed by atoms with E-state index >= 15 is 0 Å². The summed E-state index contributed by atoms with van der Waals surface area (Å²) in [6, 6.07) is 0.545. The second-order valence-electron chi connectivity index (χ2n) is 3.60. The molecule has 2 unspecified atom stereocenters. The van der Waals surface area contributed by atoms with Crippen LogP contribution in [-0.2, 0) is 4.74 Å². The van der Waals surface area contributed by atoms with Crippen LogP contribution in [0.1, 0.15) is 47.0 Å². The van der Waals surface area contributed by atoms with Crippen LogP contribution in [0, 0.1) is 0 Å². The van der Waals surface area contributed by atoms with Crippen molar-refractivity contribution in [2.24, 2.45) is 0 Å². The SMILES string of the molecule is CCCC(COC(C)CC)NCC. The molecule has 0 aromatic rings. The van der Waals surface area contributed by atoms with E-state index in [4.69, 9.17) is 4.74 Å². The highest BCUT2D eigenvalue weighted by molar-refractivity contribution is 4.64. The average molecular weight is 187 g/mol. The predicted molar refractivity (Wildman–Crippen MR) is 58.1 cm³/mol. The Bertz CT molecular complexity index is 100. The fourth-order valence-electron chi connectivity index (χ4n) is 1.28. The minimum Gasteiger partial charge on any atom is -0.377 e. The third-order valence-electron chi connectivity index (χ3n) is 2.29. The zero-order valence-electron chi connectivity index (χ0n) is 9.60. The van der Waals surface area contributed by atoms with Crippen molar-refractivity contribution in [3.05, 3.63) is 0 Å². The standard InChI is InChI=1S/C11H25NO/c1-5-8-11(12-7-3)9-13-10(4)6-2/h10-12H,5-9H2,1-4H3. The first-order chi connectivity index (χ1) is 6.24. The number of rotatable bonds is 8. The van der Waals surface area contributed by atoms with E-state index in [1.165, 1.54) is 12.8 Å². The molecule has 2 heteroatoms. The van der Waals surface area contributed by atoms with Crippen molar-refractivity contribution in [2.45, 2.75) is 59.1 Å². The van der Waals surface area contributed by atoms with Crippen LogP contribution >= 0.6 is 0 Å². The normalized spacial score (nSPS) is 15.7. The highest BCUT2D eigenvalue weighted by Gasteiger charge is 2.07. The molecule has 0 saturated heterocycles. The summed E-state index contributed by atoms with van der Waals surface area (Å²) in [6.45, 7) is 10.5. The average Bonchev–Trinajstić information content (AvgIpc) is 2.14. The van der Waals surface area contributed by atoms with E-state index in [0.29, 0.717) is 12.1 Å². The molecule has 0 aromatic heterocycles. The second-order valence-corrected chi connectivity index (χ2v) is 3.60. The van der Waals surface area contributed by atoms with Gasteiger partial charge in [0.25, 0.3) is 0 Å². The molecule has 2 nitrogen and oxygen atoms in total. The van der Waals surface area contributed by atoms with Crippen molar-refractivity contribution in [2.75, 3.05) is 13.2 Å². The minimum absolute atomic E-state index is 0.401. The topological polar surface area (TPSA) is 21.3 Å². The Balaban J connectivity index is 3.55. The van der Waals surface area contributed by atoms with Crippen LogP contribution in [0.15, 0.2) is 0 Å². The fraction of sp³-hybridized carbons (Fsp3) is 1.00. The highest BCUT2D eigenvalue weighted by atomic mass is 16.5. The van der Waals surface area contributed by atoms with Crippen LogP contribution in [0.3, 0.4) is 0 Å². The summed E-state index contributed by atoms with van der Waals surface area (Å²) in [7, 11) is 0. The first-order valence-corrected chi connectivity index (χ1v) is 5.59. The van der Waals surface area contributed by atoms with Crippen molar-refractivity contribution in [3.8, 4) is 0 Å². The number of nitrogens with one attached hydrogen (secondary N) is 1. The number of hydrogen-bond donors (Lipinski definition) is 1. The molecule has 0 aliphatic rings. The molecule has 0 radical (unpaired) electrons. The second kappa shape index (κ2) is 8.52. The maximum Gasteiger partial charge on any atom is 0.0623 e. The molecule has 0 bridgehead atoms. The zero-order chi connectivity index (χ0) is 10.1. The molecule has 0 saturated carbocycles. The molecule has 0 fully saturated rings. The fourth-order valence-corrected chi connectivity index (χ4v) is 1.28. The van der Waals surface area contributed by atoms with Crippen molar-refractivity contribution in [1.82, 2.24) is 5.32 Å². The molecule has 13 heavy (non-hydrogen) atoms. The predicted octanol–water partition coefficient (Wildman–Crippen LogP) is 2.58. The number of hydrogen-bond acceptors (Lipinski definition) is 2. The van der Waals surface area contributed by atoms with Gasteiger partial charge < -0.3 is 10.1 Å². The lowest BCUT2D eigenvalue weighted by Gasteiger charge is -2.19. The molecule has 80 valence electrons. The Kier molecular flexibility index (Phi) is 8.46. The van der Waals surface area contributed by atoms with E-state index in [-0.39, 0.29) is 0 Å². The van der Waals surface area contributed by atoms with Crippen molar-refractivity contribution in [3.63, 3.8) is 0 Å². The summed E-state index contributed by atoms with van der Waals surface area (Å²) < 4.78 is 5.70. The summed E-state index contributed by atoms with van der Waals surface area (Å²) in [5.41, 5.74) is 0. The third-order valence-corrected chi connectivity index (χ3v) is 2.29. The maximum atomic E-state index is 5.70. The lowest BCUT2D eigenvalue weighted by atomic mass is 10.2. The summed E-state index contributed by atoms with van der Waals surface area (Å²) in [4.78, 5) is 0. The molecule has 0 aliphatic heterocycles. The van der Waals surface area contributed by atoms with E-state index in [9.17, 15) is 0 Å². The van der Waals surface area contributed by atoms with E-state index in [1.807, 2.05) is 0 Å². The van der Waals surface area contributed by atoms with E-state index in [2.05, 4.69) is 33.0 Å². The molecule has 0 aliphatic carbocycles. The van der Waals surface area contributed by atoms with Gasteiger partial charge in [-0.25, -0.2) is 0 Å². The molecule has 1 N–H and O–H groups in total. The number of likely N-dealkylation sites (N-methyl/N-ethyl adjacent to an activating group) is 1. The third kappa shape index (κ3) is 7.03. The van der Waals surface area contributed by atoms with Gasteiger partial charge in [-0.05, 0) is 26.3 Å². The number of ether oxygens (including phenoxy) is 1. The van der Waals surface area contributed by atoms with Crippen LogP contribution in [0.5, 0.6) is 0 Å². The summed E-state index contributed by atoms with van der Waals surface area (Å²) in [5.74, 6) is 0. The lowest BCUT2D eigenvalue weighted by Crippen LogP contribution is -2.34. The van der Waals surface area contributed by atoms with Crippen molar-refractivity contribution in [1.29, 1.82) is 0 Å². The van der Waals surface area contributed by atoms with E-state index in [0.717, 1.165) is 19.6 Å². The van der Waals surface area contributed by atoms with Gasteiger partial charge >= 0.3 is 0 Å². The monoisotopic (exact) mass is 187 g/mol. The van der Waals surface area contributed by atoms with Gasteiger partial charge in [0, 0.05) is 6.04 Å². The van der Waals surface area contributed by atoms with E-state index in [1.54, 1.807) is 0 Å². The van der Waals surface area contributed by atoms with Gasteiger partial charge in [-0.2, -0.15) is 0 Å². The molecular weight excluding hydrogens is 162 g/mol. The Hall–Kier alpha value is -0.0800. The maximum absolute atomic E-state index is 5.70. The van der Waals surface area contributed by atoms with Gasteiger partial charge in [0.1, 0.15) is 0 Å².